The van der Waals surface area contributed by atoms with Crippen LogP contribution in [0.15, 0.2) is 54.1 Å². The van der Waals surface area contributed by atoms with Gasteiger partial charge in [0.1, 0.15) is 10.8 Å². The average molecular weight is 584 g/mol. The van der Waals surface area contributed by atoms with Crippen LogP contribution < -0.4 is 23.8 Å². The van der Waals surface area contributed by atoms with Crippen molar-refractivity contribution >= 4 is 46.3 Å². The summed E-state index contributed by atoms with van der Waals surface area (Å²) in [6, 6.07) is 12.9. The summed E-state index contributed by atoms with van der Waals surface area (Å²) in [4.78, 5) is 28.6. The minimum atomic E-state index is -0.987. The van der Waals surface area contributed by atoms with Crippen LogP contribution in [0.5, 0.6) is 23.0 Å². The zero-order valence-corrected chi connectivity index (χ0v) is 24.0. The SMILES string of the molecule is COc1c(Cl)cc(/C(O)=C2\C(=O)C(=O)N(c3ccc4c(c3)OCO4)C2c2ccc(C(C)(C)C)cc2)c(OC)c1Cl. The number of ether oxygens (including phenoxy) is 4. The van der Waals surface area contributed by atoms with Crippen molar-refractivity contribution in [3.63, 3.8) is 0 Å². The van der Waals surface area contributed by atoms with Crippen LogP contribution in [0.2, 0.25) is 10.0 Å². The van der Waals surface area contributed by atoms with Gasteiger partial charge in [0.05, 0.1) is 36.4 Å². The molecule has 1 fully saturated rings. The number of hydrogen-bond donors (Lipinski definition) is 1. The molecule has 0 aromatic heterocycles. The fourth-order valence-corrected chi connectivity index (χ4v) is 5.59. The first-order chi connectivity index (χ1) is 19.0. The van der Waals surface area contributed by atoms with E-state index in [0.717, 1.165) is 5.56 Å². The molecule has 0 saturated carbocycles. The van der Waals surface area contributed by atoms with Crippen molar-refractivity contribution in [2.24, 2.45) is 0 Å². The van der Waals surface area contributed by atoms with Crippen molar-refractivity contribution in [2.45, 2.75) is 32.2 Å². The molecule has 1 amide bonds. The van der Waals surface area contributed by atoms with E-state index in [1.165, 1.54) is 25.2 Å². The fraction of sp³-hybridized carbons (Fsp3) is 0.267. The Morgan fingerprint density at radius 2 is 1.60 bits per heavy atom. The van der Waals surface area contributed by atoms with E-state index in [1.54, 1.807) is 18.2 Å². The van der Waals surface area contributed by atoms with Crippen LogP contribution in [0.4, 0.5) is 5.69 Å². The maximum absolute atomic E-state index is 13.6. The molecule has 0 radical (unpaired) electrons. The Morgan fingerprint density at radius 3 is 2.23 bits per heavy atom. The summed E-state index contributed by atoms with van der Waals surface area (Å²) in [7, 11) is 2.75. The number of benzene rings is 3. The van der Waals surface area contributed by atoms with Crippen LogP contribution in [-0.4, -0.2) is 37.8 Å². The van der Waals surface area contributed by atoms with Crippen LogP contribution in [0.1, 0.15) is 43.5 Å². The minimum Gasteiger partial charge on any atom is -0.507 e. The van der Waals surface area contributed by atoms with Gasteiger partial charge in [0.25, 0.3) is 11.7 Å². The third kappa shape index (κ3) is 4.51. The van der Waals surface area contributed by atoms with Crippen LogP contribution in [0, 0.1) is 0 Å². The summed E-state index contributed by atoms with van der Waals surface area (Å²) in [6.45, 7) is 6.31. The number of carbonyl (C=O) groups is 2. The molecular weight excluding hydrogens is 557 g/mol. The number of carbonyl (C=O) groups excluding carboxylic acids is 2. The molecule has 0 bridgehead atoms. The summed E-state index contributed by atoms with van der Waals surface area (Å²) in [6.07, 6.45) is 0. The Balaban J connectivity index is 1.75. The first-order valence-corrected chi connectivity index (χ1v) is 13.1. The molecule has 2 heterocycles. The van der Waals surface area contributed by atoms with E-state index in [-0.39, 0.29) is 44.9 Å². The van der Waals surface area contributed by atoms with E-state index in [2.05, 4.69) is 20.8 Å². The number of methoxy groups -OCH3 is 2. The van der Waals surface area contributed by atoms with Gasteiger partial charge in [-0.05, 0) is 34.7 Å². The number of anilines is 1. The molecular formula is C30H27Cl2NO7. The molecule has 1 unspecified atom stereocenters. The van der Waals surface area contributed by atoms with E-state index in [4.69, 9.17) is 42.1 Å². The molecule has 208 valence electrons. The van der Waals surface area contributed by atoms with Gasteiger partial charge in [-0.2, -0.15) is 0 Å². The van der Waals surface area contributed by atoms with Gasteiger partial charge >= 0.3 is 0 Å². The number of aliphatic hydroxyl groups is 1. The van der Waals surface area contributed by atoms with E-state index in [9.17, 15) is 14.7 Å². The van der Waals surface area contributed by atoms with Crippen LogP contribution in [0.25, 0.3) is 5.76 Å². The lowest BCUT2D eigenvalue weighted by Gasteiger charge is -2.27. The van der Waals surface area contributed by atoms with Gasteiger partial charge < -0.3 is 24.1 Å². The summed E-state index contributed by atoms with van der Waals surface area (Å²) >= 11 is 12.9. The summed E-state index contributed by atoms with van der Waals surface area (Å²) < 4.78 is 21.7. The number of fused-ring (bicyclic) bond motifs is 1. The van der Waals surface area contributed by atoms with E-state index >= 15 is 0 Å². The van der Waals surface area contributed by atoms with Crippen molar-refractivity contribution in [3.8, 4) is 23.0 Å². The highest BCUT2D eigenvalue weighted by molar-refractivity contribution is 6.52. The Kier molecular flexibility index (Phi) is 7.10. The number of ketones is 1. The summed E-state index contributed by atoms with van der Waals surface area (Å²) in [5.41, 5.74) is 1.83. The molecule has 2 aliphatic heterocycles. The molecule has 1 saturated heterocycles. The predicted octanol–water partition coefficient (Wildman–Crippen LogP) is 6.66. The monoisotopic (exact) mass is 583 g/mol. The number of Topliss-reactive ketones (excluding diaryl/α,β-unsaturated/α-hetero) is 1. The molecule has 2 aliphatic rings. The summed E-state index contributed by atoms with van der Waals surface area (Å²) in [5.74, 6) is -1.05. The maximum Gasteiger partial charge on any atom is 0.300 e. The Labute approximate surface area is 241 Å². The molecule has 1 N–H and O–H groups in total. The minimum absolute atomic E-state index is 0.00938. The van der Waals surface area contributed by atoms with Crippen LogP contribution in [0.3, 0.4) is 0 Å². The number of rotatable bonds is 5. The second-order valence-corrected chi connectivity index (χ2v) is 11.2. The van der Waals surface area contributed by atoms with Gasteiger partial charge in [0, 0.05) is 11.8 Å². The first kappa shape index (κ1) is 27.7. The second-order valence-electron chi connectivity index (χ2n) is 10.4. The van der Waals surface area contributed by atoms with Gasteiger partial charge in [0.15, 0.2) is 23.0 Å². The molecule has 3 aromatic carbocycles. The van der Waals surface area contributed by atoms with Gasteiger partial charge in [0.2, 0.25) is 6.79 Å². The smallest absolute Gasteiger partial charge is 0.300 e. The lowest BCUT2D eigenvalue weighted by molar-refractivity contribution is -0.132. The number of amides is 1. The fourth-order valence-electron chi connectivity index (χ4n) is 4.91. The third-order valence-corrected chi connectivity index (χ3v) is 7.59. The van der Waals surface area contributed by atoms with Gasteiger partial charge in [-0.25, -0.2) is 0 Å². The molecule has 10 heteroatoms. The highest BCUT2D eigenvalue weighted by Crippen LogP contribution is 2.49. The maximum atomic E-state index is 13.6. The number of halogens is 2. The highest BCUT2D eigenvalue weighted by Gasteiger charge is 2.47. The zero-order chi connectivity index (χ0) is 28.9. The Hall–Kier alpha value is -3.88. The number of aliphatic hydroxyl groups excluding tert-OH is 1. The number of nitrogens with zero attached hydrogens (tertiary/aromatic N) is 1. The number of hydrogen-bond acceptors (Lipinski definition) is 7. The van der Waals surface area contributed by atoms with Crippen molar-refractivity contribution in [3.05, 3.63) is 80.8 Å². The Morgan fingerprint density at radius 1 is 0.950 bits per heavy atom. The topological polar surface area (TPSA) is 94.5 Å². The largest absolute Gasteiger partial charge is 0.507 e. The van der Waals surface area contributed by atoms with Crippen molar-refractivity contribution in [1.29, 1.82) is 0 Å². The van der Waals surface area contributed by atoms with E-state index < -0.39 is 23.5 Å². The van der Waals surface area contributed by atoms with Crippen LogP contribution in [-0.2, 0) is 15.0 Å². The lowest BCUT2D eigenvalue weighted by Crippen LogP contribution is -2.29. The standard InChI is InChI=1S/C30H27Cl2NO7/c1-30(2,3)16-8-6-15(7-9-16)24-22(25(34)18-13-19(31)28(38-5)23(32)27(18)37-4)26(35)29(36)33(24)17-10-11-20-21(12-17)40-14-39-20/h6-13,24,34H,14H2,1-5H3/b25-22+. The van der Waals surface area contributed by atoms with Crippen molar-refractivity contribution < 1.29 is 33.6 Å². The highest BCUT2D eigenvalue weighted by atomic mass is 35.5. The van der Waals surface area contributed by atoms with Gasteiger partial charge in [-0.15, -0.1) is 0 Å². The predicted molar refractivity (Wildman–Crippen MR) is 152 cm³/mol. The third-order valence-electron chi connectivity index (χ3n) is 6.97. The lowest BCUT2D eigenvalue weighted by atomic mass is 9.85. The first-order valence-electron chi connectivity index (χ1n) is 12.4. The molecule has 1 atom stereocenters. The van der Waals surface area contributed by atoms with Gasteiger partial charge in [-0.3, -0.25) is 14.5 Å². The quantitative estimate of drug-likeness (QED) is 0.204. The average Bonchev–Trinajstić information content (AvgIpc) is 3.49. The zero-order valence-electron chi connectivity index (χ0n) is 22.5. The molecule has 5 rings (SSSR count). The van der Waals surface area contributed by atoms with E-state index in [0.29, 0.717) is 22.7 Å². The molecule has 8 nitrogen and oxygen atoms in total. The van der Waals surface area contributed by atoms with Gasteiger partial charge in [-0.1, -0.05) is 68.2 Å². The molecule has 3 aromatic rings. The Bertz CT molecular complexity index is 1560. The van der Waals surface area contributed by atoms with E-state index in [1.807, 2.05) is 24.3 Å². The van der Waals surface area contributed by atoms with Crippen molar-refractivity contribution in [2.75, 3.05) is 25.9 Å². The van der Waals surface area contributed by atoms with Crippen LogP contribution >= 0.6 is 23.2 Å². The summed E-state index contributed by atoms with van der Waals surface area (Å²) in [5, 5.41) is 11.8. The molecule has 40 heavy (non-hydrogen) atoms. The van der Waals surface area contributed by atoms with Crippen molar-refractivity contribution in [1.82, 2.24) is 0 Å². The second kappa shape index (κ2) is 10.3. The normalized spacial score (nSPS) is 17.9. The molecule has 0 spiro atoms. The molecule has 0 aliphatic carbocycles.